The molecule has 1 aliphatic heterocycles. The van der Waals surface area contributed by atoms with Crippen LogP contribution in [0.5, 0.6) is 0 Å². The Morgan fingerprint density at radius 3 is 2.80 bits per heavy atom. The van der Waals surface area contributed by atoms with Gasteiger partial charge in [-0.05, 0) is 24.1 Å². The molecule has 1 fully saturated rings. The summed E-state index contributed by atoms with van der Waals surface area (Å²) >= 11 is 0. The second kappa shape index (κ2) is 6.11. The van der Waals surface area contributed by atoms with Crippen molar-refractivity contribution >= 4 is 0 Å². The van der Waals surface area contributed by atoms with Gasteiger partial charge in [0.05, 0.1) is 18.2 Å². The molecule has 112 valence electrons. The largest absolute Gasteiger partial charge is 0.416 e. The van der Waals surface area contributed by atoms with Gasteiger partial charge < -0.3 is 10.5 Å². The Morgan fingerprint density at radius 2 is 2.15 bits per heavy atom. The number of likely N-dealkylation sites (tertiary alicyclic amines) is 1. The van der Waals surface area contributed by atoms with Crippen molar-refractivity contribution in [2.75, 3.05) is 26.8 Å². The smallest absolute Gasteiger partial charge is 0.383 e. The van der Waals surface area contributed by atoms with Crippen molar-refractivity contribution in [2.24, 2.45) is 5.73 Å². The topological polar surface area (TPSA) is 38.5 Å². The highest BCUT2D eigenvalue weighted by molar-refractivity contribution is 5.29. The number of ether oxygens (including phenoxy) is 1. The predicted octanol–water partition coefficient (Wildman–Crippen LogP) is 2.43. The molecule has 1 saturated heterocycles. The number of alkyl halides is 3. The Bertz CT molecular complexity index is 450. The first kappa shape index (κ1) is 15.3. The van der Waals surface area contributed by atoms with Gasteiger partial charge in [-0.1, -0.05) is 12.1 Å². The summed E-state index contributed by atoms with van der Waals surface area (Å²) in [5.41, 5.74) is 6.07. The zero-order chi connectivity index (χ0) is 14.8. The van der Waals surface area contributed by atoms with E-state index < -0.39 is 11.7 Å². The number of hydrogen-bond donors (Lipinski definition) is 1. The second-order valence-corrected chi connectivity index (χ2v) is 5.05. The molecule has 2 unspecified atom stereocenters. The third kappa shape index (κ3) is 3.31. The van der Waals surface area contributed by atoms with Gasteiger partial charge in [-0.2, -0.15) is 13.2 Å². The summed E-state index contributed by atoms with van der Waals surface area (Å²) in [6.45, 7) is 2.00. The quantitative estimate of drug-likeness (QED) is 0.924. The van der Waals surface area contributed by atoms with Crippen LogP contribution in [0.3, 0.4) is 0 Å². The monoisotopic (exact) mass is 288 g/mol. The summed E-state index contributed by atoms with van der Waals surface area (Å²) in [5, 5.41) is 0. The average molecular weight is 288 g/mol. The lowest BCUT2D eigenvalue weighted by Crippen LogP contribution is -2.33. The van der Waals surface area contributed by atoms with Crippen molar-refractivity contribution in [3.05, 3.63) is 35.4 Å². The van der Waals surface area contributed by atoms with Crippen molar-refractivity contribution in [2.45, 2.75) is 24.7 Å². The van der Waals surface area contributed by atoms with Crippen LogP contribution in [0.15, 0.2) is 24.3 Å². The molecule has 2 N–H and O–H groups in total. The van der Waals surface area contributed by atoms with E-state index in [4.69, 9.17) is 10.5 Å². The molecule has 0 spiro atoms. The lowest BCUT2D eigenvalue weighted by atomic mass is 9.98. The van der Waals surface area contributed by atoms with Crippen LogP contribution in [0.4, 0.5) is 13.2 Å². The number of rotatable bonds is 4. The number of hydrogen-bond acceptors (Lipinski definition) is 3. The molecule has 2 atom stereocenters. The maximum Gasteiger partial charge on any atom is 0.416 e. The zero-order valence-corrected chi connectivity index (χ0v) is 11.4. The van der Waals surface area contributed by atoms with E-state index in [2.05, 4.69) is 4.90 Å². The van der Waals surface area contributed by atoms with E-state index in [-0.39, 0.29) is 12.1 Å². The fourth-order valence-corrected chi connectivity index (χ4v) is 2.70. The van der Waals surface area contributed by atoms with Crippen LogP contribution in [0.25, 0.3) is 0 Å². The van der Waals surface area contributed by atoms with Gasteiger partial charge in [0.2, 0.25) is 0 Å². The first-order valence-corrected chi connectivity index (χ1v) is 6.59. The number of nitrogens with two attached hydrogens (primary N) is 1. The summed E-state index contributed by atoms with van der Waals surface area (Å²) in [4.78, 5) is 2.09. The van der Waals surface area contributed by atoms with Gasteiger partial charge in [0.15, 0.2) is 0 Å². The lowest BCUT2D eigenvalue weighted by Gasteiger charge is -2.27. The zero-order valence-electron chi connectivity index (χ0n) is 11.4. The van der Waals surface area contributed by atoms with Gasteiger partial charge in [0, 0.05) is 26.2 Å². The minimum absolute atomic E-state index is 0.143. The predicted molar refractivity (Wildman–Crippen MR) is 70.2 cm³/mol. The molecule has 2 rings (SSSR count). The first-order valence-electron chi connectivity index (χ1n) is 6.59. The number of nitrogens with zero attached hydrogens (tertiary/aromatic N) is 1. The van der Waals surface area contributed by atoms with Crippen LogP contribution in [0.1, 0.15) is 23.6 Å². The summed E-state index contributed by atoms with van der Waals surface area (Å²) in [7, 11) is 1.61. The molecular formula is C14H19F3N2O. The van der Waals surface area contributed by atoms with Crippen LogP contribution in [-0.4, -0.2) is 37.7 Å². The van der Waals surface area contributed by atoms with E-state index in [0.29, 0.717) is 18.7 Å². The number of halogens is 3. The lowest BCUT2D eigenvalue weighted by molar-refractivity contribution is -0.137. The summed E-state index contributed by atoms with van der Waals surface area (Å²) in [5.74, 6) is 0. The molecule has 0 aliphatic carbocycles. The van der Waals surface area contributed by atoms with Crippen LogP contribution in [0.2, 0.25) is 0 Å². The fourth-order valence-electron chi connectivity index (χ4n) is 2.70. The summed E-state index contributed by atoms with van der Waals surface area (Å²) in [6.07, 6.45) is -3.54. The van der Waals surface area contributed by atoms with Crippen LogP contribution in [0, 0.1) is 0 Å². The average Bonchev–Trinajstić information content (AvgIpc) is 2.76. The van der Waals surface area contributed by atoms with Gasteiger partial charge in [0.1, 0.15) is 0 Å². The molecule has 1 aliphatic rings. The van der Waals surface area contributed by atoms with Gasteiger partial charge in [-0.25, -0.2) is 0 Å². The number of benzene rings is 1. The van der Waals surface area contributed by atoms with Gasteiger partial charge >= 0.3 is 6.18 Å². The highest BCUT2D eigenvalue weighted by Gasteiger charge is 2.35. The van der Waals surface area contributed by atoms with Crippen LogP contribution in [-0.2, 0) is 10.9 Å². The van der Waals surface area contributed by atoms with Crippen molar-refractivity contribution < 1.29 is 17.9 Å². The molecule has 0 amide bonds. The maximum atomic E-state index is 12.8. The Morgan fingerprint density at radius 1 is 1.40 bits per heavy atom. The standard InChI is InChI=1S/C14H19F3N2O/c1-20-8-7-19-6-5-12(18)13(19)10-3-2-4-11(9-10)14(15,16)17/h2-4,9,12-13H,5-8,18H2,1H3. The van der Waals surface area contributed by atoms with Crippen molar-refractivity contribution in [1.29, 1.82) is 0 Å². The third-order valence-corrected chi connectivity index (χ3v) is 3.69. The molecule has 0 radical (unpaired) electrons. The minimum atomic E-state index is -4.32. The molecule has 1 aromatic rings. The molecule has 0 aromatic heterocycles. The van der Waals surface area contributed by atoms with E-state index in [0.717, 1.165) is 19.0 Å². The second-order valence-electron chi connectivity index (χ2n) is 5.05. The van der Waals surface area contributed by atoms with Gasteiger partial charge in [-0.15, -0.1) is 0 Å². The molecule has 0 saturated carbocycles. The van der Waals surface area contributed by atoms with Crippen LogP contribution >= 0.6 is 0 Å². The molecular weight excluding hydrogens is 269 g/mol. The summed E-state index contributed by atoms with van der Waals surface area (Å²) < 4.78 is 43.4. The molecule has 1 aromatic carbocycles. The molecule has 20 heavy (non-hydrogen) atoms. The van der Waals surface area contributed by atoms with Crippen molar-refractivity contribution in [3.63, 3.8) is 0 Å². The normalized spacial score (nSPS) is 24.2. The number of methoxy groups -OCH3 is 1. The third-order valence-electron chi connectivity index (χ3n) is 3.69. The minimum Gasteiger partial charge on any atom is -0.383 e. The van der Waals surface area contributed by atoms with E-state index in [9.17, 15) is 13.2 Å². The molecule has 3 nitrogen and oxygen atoms in total. The Hall–Kier alpha value is -1.11. The van der Waals surface area contributed by atoms with Gasteiger partial charge in [0.25, 0.3) is 0 Å². The molecule has 1 heterocycles. The van der Waals surface area contributed by atoms with Crippen LogP contribution < -0.4 is 5.73 Å². The Labute approximate surface area is 116 Å². The van der Waals surface area contributed by atoms with E-state index in [1.54, 1.807) is 13.2 Å². The van der Waals surface area contributed by atoms with Crippen molar-refractivity contribution in [1.82, 2.24) is 4.90 Å². The van der Waals surface area contributed by atoms with Gasteiger partial charge in [-0.3, -0.25) is 4.90 Å². The van der Waals surface area contributed by atoms with E-state index >= 15 is 0 Å². The van der Waals surface area contributed by atoms with Crippen molar-refractivity contribution in [3.8, 4) is 0 Å². The maximum absolute atomic E-state index is 12.8. The van der Waals surface area contributed by atoms with E-state index in [1.807, 2.05) is 0 Å². The first-order chi connectivity index (χ1) is 9.43. The highest BCUT2D eigenvalue weighted by Crippen LogP contribution is 2.35. The fraction of sp³-hybridized carbons (Fsp3) is 0.571. The summed E-state index contributed by atoms with van der Waals surface area (Å²) in [6, 6.07) is 5.13. The Kier molecular flexibility index (Phi) is 4.67. The molecule has 6 heteroatoms. The SMILES string of the molecule is COCCN1CCC(N)C1c1cccc(C(F)(F)F)c1. The highest BCUT2D eigenvalue weighted by atomic mass is 19.4. The Balaban J connectivity index is 2.24. The van der Waals surface area contributed by atoms with E-state index in [1.165, 1.54) is 12.1 Å². The molecule has 0 bridgehead atoms.